The molecule has 3 rings (SSSR count). The second kappa shape index (κ2) is 9.55. The lowest BCUT2D eigenvalue weighted by Crippen LogP contribution is -2.24. The number of alkyl halides is 5. The number of nitrogens with one attached hydrogen (secondary N) is 1. The van der Waals surface area contributed by atoms with Crippen molar-refractivity contribution in [1.82, 2.24) is 14.8 Å². The van der Waals surface area contributed by atoms with Crippen LogP contribution in [0.15, 0.2) is 18.3 Å². The highest BCUT2D eigenvalue weighted by Crippen LogP contribution is 2.42. The molecular weight excluding hydrogens is 467 g/mol. The number of esters is 1. The van der Waals surface area contributed by atoms with E-state index in [4.69, 9.17) is 4.74 Å². The number of rotatable bonds is 7. The molecule has 8 nitrogen and oxygen atoms in total. The molecule has 1 aliphatic carbocycles. The molecule has 0 aliphatic heterocycles. The second-order valence-electron chi connectivity index (χ2n) is 8.22. The van der Waals surface area contributed by atoms with Crippen LogP contribution < -0.4 is 10.1 Å². The van der Waals surface area contributed by atoms with Gasteiger partial charge in [0.1, 0.15) is 17.0 Å². The molecule has 2 aromatic heterocycles. The van der Waals surface area contributed by atoms with Crippen LogP contribution in [0.4, 0.5) is 27.6 Å². The number of anilines is 1. The van der Waals surface area contributed by atoms with E-state index < -0.39 is 66.0 Å². The van der Waals surface area contributed by atoms with Gasteiger partial charge in [-0.1, -0.05) is 0 Å². The Morgan fingerprint density at radius 3 is 2.59 bits per heavy atom. The van der Waals surface area contributed by atoms with Crippen LogP contribution >= 0.6 is 0 Å². The van der Waals surface area contributed by atoms with Crippen molar-refractivity contribution in [3.8, 4) is 5.88 Å². The van der Waals surface area contributed by atoms with Crippen molar-refractivity contribution in [2.24, 2.45) is 5.92 Å². The first-order chi connectivity index (χ1) is 15.8. The largest absolute Gasteiger partial charge is 0.473 e. The molecule has 0 radical (unpaired) electrons. The summed E-state index contributed by atoms with van der Waals surface area (Å²) < 4.78 is 79.9. The van der Waals surface area contributed by atoms with E-state index in [9.17, 15) is 31.5 Å². The van der Waals surface area contributed by atoms with E-state index in [1.807, 2.05) is 0 Å². The summed E-state index contributed by atoms with van der Waals surface area (Å²) in [6, 6.07) is 2.39. The van der Waals surface area contributed by atoms with Gasteiger partial charge in [0.25, 0.3) is 5.91 Å². The van der Waals surface area contributed by atoms with E-state index >= 15 is 0 Å². The summed E-state index contributed by atoms with van der Waals surface area (Å²) in [6.45, 7) is 2.65. The minimum absolute atomic E-state index is 0.0278. The molecular formula is C21H23F5N4O4. The molecule has 1 unspecified atom stereocenters. The Hall–Kier alpha value is -3.25. The Morgan fingerprint density at radius 1 is 1.32 bits per heavy atom. The summed E-state index contributed by atoms with van der Waals surface area (Å²) >= 11 is 0. The first-order valence-electron chi connectivity index (χ1n) is 10.4. The van der Waals surface area contributed by atoms with Gasteiger partial charge in [0, 0.05) is 31.3 Å². The molecule has 1 aliphatic rings. The molecule has 1 N–H and O–H groups in total. The van der Waals surface area contributed by atoms with Crippen LogP contribution in [0.5, 0.6) is 5.88 Å². The second-order valence-corrected chi connectivity index (χ2v) is 8.22. The quantitative estimate of drug-likeness (QED) is 0.452. The molecule has 0 saturated heterocycles. The first kappa shape index (κ1) is 25.4. The van der Waals surface area contributed by atoms with Crippen LogP contribution in [-0.2, 0) is 17.5 Å². The summed E-state index contributed by atoms with van der Waals surface area (Å²) in [4.78, 5) is 28.5. The topological polar surface area (TPSA) is 95.3 Å². The van der Waals surface area contributed by atoms with Gasteiger partial charge in [0.05, 0.1) is 13.2 Å². The van der Waals surface area contributed by atoms with Gasteiger partial charge in [-0.15, -0.1) is 5.10 Å². The molecule has 2 heterocycles. The Bertz CT molecular complexity index is 1070. The number of halogens is 5. The molecule has 186 valence electrons. The number of amides is 1. The maximum atomic E-state index is 14.0. The van der Waals surface area contributed by atoms with E-state index in [1.54, 1.807) is 0 Å². The summed E-state index contributed by atoms with van der Waals surface area (Å²) in [5.74, 6) is -6.44. The molecule has 1 atom stereocenters. The summed E-state index contributed by atoms with van der Waals surface area (Å²) in [5.41, 5.74) is -2.50. The minimum atomic E-state index is -5.02. The maximum absolute atomic E-state index is 14.0. The number of aromatic nitrogens is 3. The number of carbonyl (C=O) groups is 2. The average Bonchev–Trinajstić information content (AvgIpc) is 3.26. The third-order valence-corrected chi connectivity index (χ3v) is 5.12. The van der Waals surface area contributed by atoms with Gasteiger partial charge in [-0.3, -0.25) is 9.48 Å². The van der Waals surface area contributed by atoms with Crippen molar-refractivity contribution in [2.75, 3.05) is 12.4 Å². The molecule has 0 spiro atoms. The highest BCUT2D eigenvalue weighted by atomic mass is 19.4. The lowest BCUT2D eigenvalue weighted by molar-refractivity contribution is -0.139. The van der Waals surface area contributed by atoms with Gasteiger partial charge in [0.2, 0.25) is 11.8 Å². The van der Waals surface area contributed by atoms with Crippen LogP contribution in [0.1, 0.15) is 59.7 Å². The van der Waals surface area contributed by atoms with E-state index in [1.165, 1.54) is 19.9 Å². The lowest BCUT2D eigenvalue weighted by atomic mass is 10.1. The standard InChI is InChI=1S/C21H23F5N4O4/c1-11(2)34-18-15(21(24,25)26)16(30(29-18)10-12-4-6-20(22,23)9-12)17(31)28-13-5-7-27-14(8-13)19(32)33-3/h5,7-8,11-12H,4,6,9-10H2,1-3H3,(H,27,28,31). The maximum Gasteiger partial charge on any atom is 0.423 e. The SMILES string of the molecule is COC(=O)c1cc(NC(=O)c2c(C(F)(F)F)c(OC(C)C)nn2CC2CCC(F)(F)C2)ccn1. The predicted molar refractivity (Wildman–Crippen MR) is 109 cm³/mol. The third kappa shape index (κ3) is 5.81. The van der Waals surface area contributed by atoms with Gasteiger partial charge in [0.15, 0.2) is 0 Å². The van der Waals surface area contributed by atoms with Crippen molar-refractivity contribution in [3.05, 3.63) is 35.3 Å². The predicted octanol–water partition coefficient (Wildman–Crippen LogP) is 4.56. The highest BCUT2D eigenvalue weighted by molar-refractivity contribution is 6.05. The number of ether oxygens (including phenoxy) is 2. The number of carbonyl (C=O) groups excluding carboxylic acids is 2. The van der Waals surface area contributed by atoms with E-state index in [-0.39, 0.29) is 24.3 Å². The van der Waals surface area contributed by atoms with Crippen LogP contribution in [0, 0.1) is 5.92 Å². The lowest BCUT2D eigenvalue weighted by Gasteiger charge is -2.15. The zero-order valence-corrected chi connectivity index (χ0v) is 18.6. The zero-order valence-electron chi connectivity index (χ0n) is 18.6. The van der Waals surface area contributed by atoms with Crippen molar-refractivity contribution in [1.29, 1.82) is 0 Å². The van der Waals surface area contributed by atoms with Crippen molar-refractivity contribution >= 4 is 17.6 Å². The fourth-order valence-corrected chi connectivity index (χ4v) is 3.72. The first-order valence-corrected chi connectivity index (χ1v) is 10.4. The van der Waals surface area contributed by atoms with Crippen LogP contribution in [0.3, 0.4) is 0 Å². The molecule has 0 aromatic carbocycles. The molecule has 13 heteroatoms. The van der Waals surface area contributed by atoms with Crippen molar-refractivity contribution < 1.29 is 41.0 Å². The van der Waals surface area contributed by atoms with Crippen molar-refractivity contribution in [2.45, 2.75) is 57.9 Å². The fraction of sp³-hybridized carbons (Fsp3) is 0.524. The third-order valence-electron chi connectivity index (χ3n) is 5.12. The number of pyridine rings is 1. The van der Waals surface area contributed by atoms with E-state index in [2.05, 4.69) is 20.1 Å². The van der Waals surface area contributed by atoms with Gasteiger partial charge < -0.3 is 14.8 Å². The zero-order chi connectivity index (χ0) is 25.3. The Morgan fingerprint density at radius 2 is 2.03 bits per heavy atom. The van der Waals surface area contributed by atoms with E-state index in [0.717, 1.165) is 24.1 Å². The summed E-state index contributed by atoms with van der Waals surface area (Å²) in [5, 5.41) is 6.12. The van der Waals surface area contributed by atoms with Gasteiger partial charge in [-0.25, -0.2) is 18.6 Å². The Balaban J connectivity index is 2.02. The van der Waals surface area contributed by atoms with E-state index in [0.29, 0.717) is 0 Å². The Labute approximate surface area is 191 Å². The fourth-order valence-electron chi connectivity index (χ4n) is 3.72. The molecule has 1 fully saturated rings. The Kier molecular flexibility index (Phi) is 7.13. The monoisotopic (exact) mass is 490 g/mol. The number of nitrogens with zero attached hydrogens (tertiary/aromatic N) is 3. The minimum Gasteiger partial charge on any atom is -0.473 e. The smallest absolute Gasteiger partial charge is 0.423 e. The van der Waals surface area contributed by atoms with Gasteiger partial charge in [-0.2, -0.15) is 13.2 Å². The summed E-state index contributed by atoms with van der Waals surface area (Å²) in [6.07, 6.45) is -5.40. The number of hydrogen-bond donors (Lipinski definition) is 1. The van der Waals surface area contributed by atoms with Gasteiger partial charge >= 0.3 is 12.1 Å². The van der Waals surface area contributed by atoms with Crippen molar-refractivity contribution in [3.63, 3.8) is 0 Å². The van der Waals surface area contributed by atoms with Crippen LogP contribution in [0.25, 0.3) is 0 Å². The molecule has 2 aromatic rings. The molecule has 34 heavy (non-hydrogen) atoms. The average molecular weight is 490 g/mol. The highest BCUT2D eigenvalue weighted by Gasteiger charge is 2.45. The molecule has 0 bridgehead atoms. The molecule has 1 amide bonds. The van der Waals surface area contributed by atoms with Crippen LogP contribution in [-0.4, -0.2) is 45.8 Å². The number of methoxy groups -OCH3 is 1. The molecule has 1 saturated carbocycles. The normalized spacial score (nSPS) is 17.6. The summed E-state index contributed by atoms with van der Waals surface area (Å²) in [7, 11) is 1.12. The van der Waals surface area contributed by atoms with Gasteiger partial charge in [-0.05, 0) is 38.3 Å². The van der Waals surface area contributed by atoms with Crippen LogP contribution in [0.2, 0.25) is 0 Å². The number of hydrogen-bond acceptors (Lipinski definition) is 6.